The smallest absolute Gasteiger partial charge is 0.170 e. The fraction of sp³-hybridized carbons (Fsp3) is 0.700. The van der Waals surface area contributed by atoms with Gasteiger partial charge in [0, 0.05) is 12.8 Å². The van der Waals surface area contributed by atoms with Gasteiger partial charge in [-0.15, -0.1) is 6.58 Å². The van der Waals surface area contributed by atoms with Gasteiger partial charge in [-0.05, 0) is 12.8 Å². The quantitative estimate of drug-likeness (QED) is 0.478. The number of hydrogen-bond acceptors (Lipinski definition) is 3. The first kappa shape index (κ1) is 8.91. The average molecular weight is 182 g/mol. The van der Waals surface area contributed by atoms with E-state index >= 15 is 0 Å². The van der Waals surface area contributed by atoms with E-state index in [0.717, 1.165) is 32.0 Å². The summed E-state index contributed by atoms with van der Waals surface area (Å²) in [6, 6.07) is 0. The van der Waals surface area contributed by atoms with Crippen LogP contribution in [0.4, 0.5) is 0 Å². The first-order valence-electron chi connectivity index (χ1n) is 4.73. The number of hydrogen-bond donors (Lipinski definition) is 0. The lowest BCUT2D eigenvalue weighted by atomic mass is 10.2. The van der Waals surface area contributed by atoms with E-state index in [1.54, 1.807) is 6.08 Å². The molecule has 2 fully saturated rings. The highest BCUT2D eigenvalue weighted by Crippen LogP contribution is 2.41. The molecule has 0 radical (unpaired) electrons. The molecule has 0 unspecified atom stereocenters. The predicted molar refractivity (Wildman–Crippen MR) is 47.2 cm³/mol. The summed E-state index contributed by atoms with van der Waals surface area (Å²) in [4.78, 5) is 10.7. The van der Waals surface area contributed by atoms with Crippen molar-refractivity contribution < 1.29 is 14.3 Å². The highest BCUT2D eigenvalue weighted by molar-refractivity contribution is 5.58. The summed E-state index contributed by atoms with van der Waals surface area (Å²) in [5.41, 5.74) is 0. The van der Waals surface area contributed by atoms with Crippen molar-refractivity contribution in [1.82, 2.24) is 0 Å². The van der Waals surface area contributed by atoms with Crippen LogP contribution in [0.1, 0.15) is 25.7 Å². The molecular formula is C10H14O3. The van der Waals surface area contributed by atoms with Gasteiger partial charge in [0.05, 0.1) is 0 Å². The maximum Gasteiger partial charge on any atom is 0.170 e. The number of carbonyl (C=O) groups excluding carboxylic acids is 1. The molecule has 72 valence electrons. The van der Waals surface area contributed by atoms with E-state index in [0.29, 0.717) is 0 Å². The Hall–Kier alpha value is -0.670. The van der Waals surface area contributed by atoms with Gasteiger partial charge in [-0.2, -0.15) is 0 Å². The van der Waals surface area contributed by atoms with Gasteiger partial charge in [0.1, 0.15) is 12.2 Å². The topological polar surface area (TPSA) is 35.5 Å². The first-order chi connectivity index (χ1) is 6.29. The molecule has 0 N–H and O–H groups in total. The van der Waals surface area contributed by atoms with E-state index in [1.165, 1.54) is 0 Å². The van der Waals surface area contributed by atoms with Crippen molar-refractivity contribution >= 4 is 6.29 Å². The minimum atomic E-state index is -0.468. The SMILES string of the molecule is C=C[C@H]1OC2(CCCC2)O[C@H]1C=O. The monoisotopic (exact) mass is 182 g/mol. The second-order valence-corrected chi connectivity index (χ2v) is 3.65. The van der Waals surface area contributed by atoms with Crippen molar-refractivity contribution in [3.63, 3.8) is 0 Å². The molecule has 0 aromatic rings. The lowest BCUT2D eigenvalue weighted by Gasteiger charge is -2.21. The molecule has 2 rings (SSSR count). The van der Waals surface area contributed by atoms with Gasteiger partial charge in [0.15, 0.2) is 12.1 Å². The molecular weight excluding hydrogens is 168 g/mol. The van der Waals surface area contributed by atoms with Crippen molar-refractivity contribution in [2.45, 2.75) is 43.7 Å². The lowest BCUT2D eigenvalue weighted by molar-refractivity contribution is -0.167. The second kappa shape index (κ2) is 3.24. The summed E-state index contributed by atoms with van der Waals surface area (Å²) < 4.78 is 11.3. The van der Waals surface area contributed by atoms with Crippen LogP contribution in [-0.2, 0) is 14.3 Å². The van der Waals surface area contributed by atoms with Gasteiger partial charge in [-0.1, -0.05) is 6.08 Å². The van der Waals surface area contributed by atoms with Crippen LogP contribution >= 0.6 is 0 Å². The molecule has 1 spiro atoms. The van der Waals surface area contributed by atoms with Crippen LogP contribution in [0.5, 0.6) is 0 Å². The Morgan fingerprint density at radius 1 is 1.23 bits per heavy atom. The van der Waals surface area contributed by atoms with E-state index in [1.807, 2.05) is 0 Å². The molecule has 0 amide bonds. The average Bonchev–Trinajstić information content (AvgIpc) is 2.74. The van der Waals surface area contributed by atoms with Crippen molar-refractivity contribution in [1.29, 1.82) is 0 Å². The third-order valence-corrected chi connectivity index (χ3v) is 2.76. The molecule has 2 atom stereocenters. The first-order valence-corrected chi connectivity index (χ1v) is 4.73. The Kier molecular flexibility index (Phi) is 2.22. The highest BCUT2D eigenvalue weighted by atomic mass is 16.8. The standard InChI is InChI=1S/C10H14O3/c1-2-8-9(7-11)13-10(12-8)5-3-4-6-10/h2,7-9H,1,3-6H2/t8-,9+/m1/s1. The highest BCUT2D eigenvalue weighted by Gasteiger charge is 2.47. The second-order valence-electron chi connectivity index (χ2n) is 3.65. The molecule has 0 aromatic heterocycles. The molecule has 1 heterocycles. The van der Waals surface area contributed by atoms with E-state index in [-0.39, 0.29) is 6.10 Å². The maximum absolute atomic E-state index is 10.7. The molecule has 1 saturated heterocycles. The maximum atomic E-state index is 10.7. The number of carbonyl (C=O) groups is 1. The molecule has 0 bridgehead atoms. The van der Waals surface area contributed by atoms with Crippen LogP contribution < -0.4 is 0 Å². The Morgan fingerprint density at radius 2 is 1.85 bits per heavy atom. The predicted octanol–water partition coefficient (Wildman–Crippen LogP) is 1.43. The molecule has 1 saturated carbocycles. The van der Waals surface area contributed by atoms with Gasteiger partial charge in [0.25, 0.3) is 0 Å². The zero-order valence-electron chi connectivity index (χ0n) is 7.57. The van der Waals surface area contributed by atoms with Crippen LogP contribution in [0.25, 0.3) is 0 Å². The summed E-state index contributed by atoms with van der Waals surface area (Å²) in [7, 11) is 0. The molecule has 1 aliphatic carbocycles. The van der Waals surface area contributed by atoms with Gasteiger partial charge in [0.2, 0.25) is 0 Å². The van der Waals surface area contributed by atoms with Crippen LogP contribution in [0.3, 0.4) is 0 Å². The van der Waals surface area contributed by atoms with Crippen molar-refractivity contribution in [2.75, 3.05) is 0 Å². The largest absolute Gasteiger partial charge is 0.339 e. The van der Waals surface area contributed by atoms with E-state index < -0.39 is 11.9 Å². The molecule has 13 heavy (non-hydrogen) atoms. The summed E-state index contributed by atoms with van der Waals surface area (Å²) in [5, 5.41) is 0. The third-order valence-electron chi connectivity index (χ3n) is 2.76. The van der Waals surface area contributed by atoms with Crippen molar-refractivity contribution in [3.05, 3.63) is 12.7 Å². The van der Waals surface area contributed by atoms with Crippen LogP contribution in [0, 0.1) is 0 Å². The fourth-order valence-corrected chi connectivity index (χ4v) is 2.09. The summed E-state index contributed by atoms with van der Waals surface area (Å²) in [6.45, 7) is 3.63. The Morgan fingerprint density at radius 3 is 2.31 bits per heavy atom. The van der Waals surface area contributed by atoms with Gasteiger partial charge < -0.3 is 14.3 Å². The van der Waals surface area contributed by atoms with Crippen LogP contribution in [-0.4, -0.2) is 24.3 Å². The number of ether oxygens (including phenoxy) is 2. The third kappa shape index (κ3) is 1.42. The summed E-state index contributed by atoms with van der Waals surface area (Å²) >= 11 is 0. The minimum absolute atomic E-state index is 0.254. The molecule has 2 aliphatic rings. The zero-order valence-corrected chi connectivity index (χ0v) is 7.57. The number of rotatable bonds is 2. The minimum Gasteiger partial charge on any atom is -0.339 e. The van der Waals surface area contributed by atoms with Gasteiger partial charge in [-0.25, -0.2) is 0 Å². The fourth-order valence-electron chi connectivity index (χ4n) is 2.09. The number of aldehydes is 1. The van der Waals surface area contributed by atoms with E-state index in [2.05, 4.69) is 6.58 Å². The molecule has 1 aliphatic heterocycles. The molecule has 3 nitrogen and oxygen atoms in total. The zero-order chi connectivity index (χ0) is 9.31. The lowest BCUT2D eigenvalue weighted by Crippen LogP contribution is -2.26. The van der Waals surface area contributed by atoms with Crippen molar-refractivity contribution in [2.24, 2.45) is 0 Å². The van der Waals surface area contributed by atoms with Gasteiger partial charge in [-0.3, -0.25) is 0 Å². The summed E-state index contributed by atoms with van der Waals surface area (Å²) in [6.07, 6.45) is 5.80. The van der Waals surface area contributed by atoms with Crippen molar-refractivity contribution in [3.8, 4) is 0 Å². The Labute approximate surface area is 77.7 Å². The molecule has 3 heteroatoms. The Bertz CT molecular complexity index is 200. The normalized spacial score (nSPS) is 36.6. The Balaban J connectivity index is 2.11. The summed E-state index contributed by atoms with van der Waals surface area (Å²) in [5.74, 6) is -0.468. The van der Waals surface area contributed by atoms with Crippen LogP contribution in [0.2, 0.25) is 0 Å². The molecule has 0 aromatic carbocycles. The van der Waals surface area contributed by atoms with Gasteiger partial charge >= 0.3 is 0 Å². The van der Waals surface area contributed by atoms with E-state index in [9.17, 15) is 4.79 Å². The van der Waals surface area contributed by atoms with Crippen LogP contribution in [0.15, 0.2) is 12.7 Å². The van der Waals surface area contributed by atoms with E-state index in [4.69, 9.17) is 9.47 Å².